The van der Waals surface area contributed by atoms with Gasteiger partial charge in [0.2, 0.25) is 5.91 Å². The first-order valence-corrected chi connectivity index (χ1v) is 12.4. The molecule has 2 aliphatic rings. The first kappa shape index (κ1) is 20.3. The van der Waals surface area contributed by atoms with E-state index in [4.69, 9.17) is 0 Å². The van der Waals surface area contributed by atoms with Crippen molar-refractivity contribution in [2.24, 2.45) is 11.3 Å². The van der Waals surface area contributed by atoms with Crippen LogP contribution in [-0.4, -0.2) is 46.3 Å². The zero-order valence-corrected chi connectivity index (χ0v) is 18.8. The van der Waals surface area contributed by atoms with E-state index < -0.39 is 0 Å². The van der Waals surface area contributed by atoms with Crippen molar-refractivity contribution < 1.29 is 9.59 Å². The summed E-state index contributed by atoms with van der Waals surface area (Å²) in [5.74, 6) is 0.236. The van der Waals surface area contributed by atoms with Gasteiger partial charge < -0.3 is 10.2 Å². The highest BCUT2D eigenvalue weighted by Gasteiger charge is 2.58. The minimum atomic E-state index is 0.00548. The van der Waals surface area contributed by atoms with E-state index in [1.54, 1.807) is 17.5 Å². The summed E-state index contributed by atoms with van der Waals surface area (Å²) in [6.07, 6.45) is 5.23. The molecular weight excluding hydrogens is 428 g/mol. The molecule has 1 aliphatic carbocycles. The van der Waals surface area contributed by atoms with Crippen LogP contribution in [0.5, 0.6) is 0 Å². The predicted octanol–water partition coefficient (Wildman–Crippen LogP) is 3.87. The van der Waals surface area contributed by atoms with E-state index in [1.165, 1.54) is 11.3 Å². The number of likely N-dealkylation sites (tertiary alicyclic amines) is 1. The maximum atomic E-state index is 12.9. The van der Waals surface area contributed by atoms with Crippen LogP contribution in [0.2, 0.25) is 0 Å². The van der Waals surface area contributed by atoms with Crippen LogP contribution in [0.1, 0.15) is 35.4 Å². The number of nitrogens with one attached hydrogen (secondary N) is 1. The summed E-state index contributed by atoms with van der Waals surface area (Å²) < 4.78 is 0. The lowest BCUT2D eigenvalue weighted by Gasteiger charge is -2.32. The Morgan fingerprint density at radius 1 is 1.16 bits per heavy atom. The zero-order valence-electron chi connectivity index (χ0n) is 17.1. The second-order valence-electron chi connectivity index (χ2n) is 8.29. The van der Waals surface area contributed by atoms with E-state index in [2.05, 4.69) is 15.3 Å². The normalized spacial score (nSPS) is 19.4. The van der Waals surface area contributed by atoms with Crippen molar-refractivity contribution in [3.8, 4) is 9.88 Å². The number of nitrogens with zero attached hydrogens (tertiary/aromatic N) is 3. The third-order valence-electron chi connectivity index (χ3n) is 6.41. The van der Waals surface area contributed by atoms with Crippen LogP contribution in [-0.2, 0) is 11.2 Å². The van der Waals surface area contributed by atoms with Crippen LogP contribution >= 0.6 is 22.7 Å². The Morgan fingerprint density at radius 3 is 2.77 bits per heavy atom. The number of hydrogen-bond donors (Lipinski definition) is 1. The van der Waals surface area contributed by atoms with Gasteiger partial charge in [0, 0.05) is 49.2 Å². The minimum Gasteiger partial charge on any atom is -0.355 e. The van der Waals surface area contributed by atoms with E-state index in [1.807, 2.05) is 46.0 Å². The Labute approximate surface area is 189 Å². The molecule has 1 aliphatic heterocycles. The number of piperidine rings is 1. The topological polar surface area (TPSA) is 75.2 Å². The Kier molecular flexibility index (Phi) is 5.58. The summed E-state index contributed by atoms with van der Waals surface area (Å²) in [6.45, 7) is 2.01. The van der Waals surface area contributed by atoms with Gasteiger partial charge in [-0.15, -0.1) is 22.7 Å². The van der Waals surface area contributed by atoms with Crippen LogP contribution in [0.15, 0.2) is 47.3 Å². The molecule has 1 saturated carbocycles. The number of rotatable bonds is 6. The predicted molar refractivity (Wildman–Crippen MR) is 122 cm³/mol. The molecular formula is C23H24N4O2S2. The number of carbonyl (C=O) groups is 2. The molecule has 31 heavy (non-hydrogen) atoms. The van der Waals surface area contributed by atoms with Crippen molar-refractivity contribution in [3.05, 3.63) is 58.7 Å². The standard InChI is InChI=1S/C23H24N4O2S2/c28-20(25-10-6-16-4-1-2-9-24-16)17-14-23(17)7-11-27(12-8-23)22(29)18-15-31-21(26-18)19-5-3-13-30-19/h1-5,9,13,15,17H,6-8,10-12,14H2,(H,25,28). The fraction of sp³-hybridized carbons (Fsp3) is 0.391. The molecule has 1 saturated heterocycles. The Balaban J connectivity index is 1.11. The van der Waals surface area contributed by atoms with E-state index in [9.17, 15) is 9.59 Å². The molecule has 1 spiro atoms. The van der Waals surface area contributed by atoms with Gasteiger partial charge in [-0.25, -0.2) is 4.98 Å². The lowest BCUT2D eigenvalue weighted by atomic mass is 9.90. The van der Waals surface area contributed by atoms with E-state index >= 15 is 0 Å². The molecule has 6 nitrogen and oxygen atoms in total. The number of thiophene rings is 1. The van der Waals surface area contributed by atoms with Crippen molar-refractivity contribution in [2.75, 3.05) is 19.6 Å². The molecule has 160 valence electrons. The number of amides is 2. The summed E-state index contributed by atoms with van der Waals surface area (Å²) in [4.78, 5) is 37.3. The summed E-state index contributed by atoms with van der Waals surface area (Å²) in [5.41, 5.74) is 1.60. The third-order valence-corrected chi connectivity index (χ3v) is 8.30. The van der Waals surface area contributed by atoms with Crippen molar-refractivity contribution in [1.82, 2.24) is 20.2 Å². The molecule has 5 rings (SSSR count). The number of thiazole rings is 1. The molecule has 1 unspecified atom stereocenters. The van der Waals surface area contributed by atoms with Crippen LogP contribution in [0.25, 0.3) is 9.88 Å². The summed E-state index contributed by atoms with van der Waals surface area (Å²) in [6, 6.07) is 9.85. The fourth-order valence-corrected chi connectivity index (χ4v) is 6.06. The molecule has 2 amide bonds. The smallest absolute Gasteiger partial charge is 0.273 e. The van der Waals surface area contributed by atoms with Crippen molar-refractivity contribution >= 4 is 34.5 Å². The maximum absolute atomic E-state index is 12.9. The van der Waals surface area contributed by atoms with Gasteiger partial charge in [0.05, 0.1) is 4.88 Å². The SMILES string of the molecule is O=C(NCCc1ccccn1)C1CC12CCN(C(=O)c1csc(-c3cccs3)n1)CC2. The quantitative estimate of drug-likeness (QED) is 0.616. The summed E-state index contributed by atoms with van der Waals surface area (Å²) >= 11 is 3.15. The van der Waals surface area contributed by atoms with Gasteiger partial charge in [-0.1, -0.05) is 12.1 Å². The Bertz CT molecular complexity index is 1060. The number of hydrogen-bond acceptors (Lipinski definition) is 6. The number of carbonyl (C=O) groups excluding carboxylic acids is 2. The lowest BCUT2D eigenvalue weighted by Crippen LogP contribution is -2.41. The minimum absolute atomic E-state index is 0.00548. The molecule has 1 atom stereocenters. The molecule has 0 aromatic carbocycles. The summed E-state index contributed by atoms with van der Waals surface area (Å²) in [5, 5.41) is 7.85. The molecule has 3 aromatic heterocycles. The number of pyridine rings is 1. The lowest BCUT2D eigenvalue weighted by molar-refractivity contribution is -0.123. The molecule has 0 bridgehead atoms. The van der Waals surface area contributed by atoms with Crippen molar-refractivity contribution in [3.63, 3.8) is 0 Å². The van der Waals surface area contributed by atoms with Crippen LogP contribution in [0.3, 0.4) is 0 Å². The average Bonchev–Trinajstić information content (AvgIpc) is 3.20. The van der Waals surface area contributed by atoms with Gasteiger partial charge in [0.25, 0.3) is 5.91 Å². The highest BCUT2D eigenvalue weighted by atomic mass is 32.1. The monoisotopic (exact) mass is 452 g/mol. The largest absolute Gasteiger partial charge is 0.355 e. The van der Waals surface area contributed by atoms with Gasteiger partial charge in [-0.3, -0.25) is 14.6 Å². The maximum Gasteiger partial charge on any atom is 0.273 e. The Morgan fingerprint density at radius 2 is 2.03 bits per heavy atom. The van der Waals surface area contributed by atoms with Gasteiger partial charge in [0.15, 0.2) is 0 Å². The fourth-order valence-electron chi connectivity index (χ4n) is 4.46. The molecule has 0 radical (unpaired) electrons. The highest BCUT2D eigenvalue weighted by molar-refractivity contribution is 7.20. The first-order chi connectivity index (χ1) is 15.1. The highest BCUT2D eigenvalue weighted by Crippen LogP contribution is 2.59. The average molecular weight is 453 g/mol. The summed E-state index contributed by atoms with van der Waals surface area (Å²) in [7, 11) is 0. The van der Waals surface area contributed by atoms with Gasteiger partial charge in [-0.2, -0.15) is 0 Å². The number of aromatic nitrogens is 2. The van der Waals surface area contributed by atoms with Crippen LogP contribution in [0.4, 0.5) is 0 Å². The Hall–Kier alpha value is -2.58. The van der Waals surface area contributed by atoms with Gasteiger partial charge >= 0.3 is 0 Å². The third kappa shape index (κ3) is 4.27. The molecule has 8 heteroatoms. The second-order valence-corrected chi connectivity index (χ2v) is 10.1. The zero-order chi connectivity index (χ0) is 21.3. The molecule has 1 N–H and O–H groups in total. The molecule has 4 heterocycles. The van der Waals surface area contributed by atoms with E-state index in [-0.39, 0.29) is 23.1 Å². The van der Waals surface area contributed by atoms with Crippen molar-refractivity contribution in [1.29, 1.82) is 0 Å². The van der Waals surface area contributed by atoms with E-state index in [0.717, 1.165) is 41.3 Å². The van der Waals surface area contributed by atoms with E-state index in [0.29, 0.717) is 25.3 Å². The first-order valence-electron chi connectivity index (χ1n) is 10.6. The molecule has 2 fully saturated rings. The van der Waals surface area contributed by atoms with Crippen molar-refractivity contribution in [2.45, 2.75) is 25.7 Å². The van der Waals surface area contributed by atoms with Crippen LogP contribution < -0.4 is 5.32 Å². The second kappa shape index (κ2) is 8.51. The van der Waals surface area contributed by atoms with Crippen LogP contribution in [0, 0.1) is 11.3 Å². The van der Waals surface area contributed by atoms with Gasteiger partial charge in [0.1, 0.15) is 10.7 Å². The molecule has 3 aromatic rings. The van der Waals surface area contributed by atoms with Gasteiger partial charge in [-0.05, 0) is 48.3 Å².